The molecule has 16 heavy (non-hydrogen) atoms. The van der Waals surface area contributed by atoms with E-state index in [1.54, 1.807) is 0 Å². The van der Waals surface area contributed by atoms with Gasteiger partial charge < -0.3 is 14.6 Å². The van der Waals surface area contributed by atoms with Crippen LogP contribution in [-0.4, -0.2) is 30.3 Å². The molecule has 0 aliphatic carbocycles. The van der Waals surface area contributed by atoms with Gasteiger partial charge in [-0.25, -0.2) is 0 Å². The number of hydrogen-bond acceptors (Lipinski definition) is 5. The van der Waals surface area contributed by atoms with E-state index in [1.807, 2.05) is 14.0 Å². The second kappa shape index (κ2) is 4.82. The molecule has 2 heterocycles. The first kappa shape index (κ1) is 11.4. The van der Waals surface area contributed by atoms with Crippen LogP contribution in [0.3, 0.4) is 0 Å². The molecule has 1 aromatic rings. The summed E-state index contributed by atoms with van der Waals surface area (Å²) in [6, 6.07) is 0.784. The molecular formula is C11H20N4O. The van der Waals surface area contributed by atoms with Gasteiger partial charge in [0.2, 0.25) is 5.89 Å². The minimum Gasteiger partial charge on any atom is -0.406 e. The molecule has 2 atom stereocenters. The topological polar surface area (TPSA) is 54.2 Å². The third kappa shape index (κ3) is 2.35. The van der Waals surface area contributed by atoms with E-state index in [9.17, 15) is 0 Å². The van der Waals surface area contributed by atoms with Crippen LogP contribution in [0.15, 0.2) is 4.42 Å². The summed E-state index contributed by atoms with van der Waals surface area (Å²) >= 11 is 0. The van der Waals surface area contributed by atoms with Gasteiger partial charge in [-0.05, 0) is 32.7 Å². The molecule has 2 unspecified atom stereocenters. The molecule has 1 fully saturated rings. The Morgan fingerprint density at radius 3 is 3.00 bits per heavy atom. The number of piperidine rings is 1. The minimum absolute atomic E-state index is 0.114. The lowest BCUT2D eigenvalue weighted by Gasteiger charge is -2.29. The summed E-state index contributed by atoms with van der Waals surface area (Å²) in [4.78, 5) is 2.19. The van der Waals surface area contributed by atoms with Crippen molar-refractivity contribution >= 4 is 6.01 Å². The summed E-state index contributed by atoms with van der Waals surface area (Å²) in [5.74, 6) is 1.38. The lowest BCUT2D eigenvalue weighted by molar-refractivity contribution is 0.392. The zero-order chi connectivity index (χ0) is 11.5. The molecule has 1 aliphatic rings. The fraction of sp³-hybridized carbons (Fsp3) is 0.818. The minimum atomic E-state index is 0.114. The third-order valence-electron chi connectivity index (χ3n) is 3.16. The normalized spacial score (nSPS) is 23.4. The maximum atomic E-state index is 5.67. The Bertz CT molecular complexity index is 338. The first-order valence-electron chi connectivity index (χ1n) is 5.96. The first-order chi connectivity index (χ1) is 7.70. The predicted octanol–water partition coefficient (Wildman–Crippen LogP) is 1.59. The van der Waals surface area contributed by atoms with Crippen molar-refractivity contribution in [3.8, 4) is 0 Å². The molecule has 1 aromatic heterocycles. The van der Waals surface area contributed by atoms with E-state index in [-0.39, 0.29) is 6.04 Å². The Balaban J connectivity index is 2.06. The largest absolute Gasteiger partial charge is 0.406 e. The molecule has 0 spiro atoms. The van der Waals surface area contributed by atoms with Crippen LogP contribution in [-0.2, 0) is 0 Å². The summed E-state index contributed by atoms with van der Waals surface area (Å²) in [5.41, 5.74) is 0. The molecule has 5 nitrogen and oxygen atoms in total. The molecule has 0 saturated carbocycles. The fourth-order valence-electron chi connectivity index (χ4n) is 2.02. The molecule has 0 amide bonds. The van der Waals surface area contributed by atoms with Gasteiger partial charge in [-0.3, -0.25) is 0 Å². The Hall–Kier alpha value is -1.10. The van der Waals surface area contributed by atoms with E-state index >= 15 is 0 Å². The SMILES string of the molecule is CNC(C)c1nnc(N2CCCC(C)C2)o1. The van der Waals surface area contributed by atoms with E-state index in [4.69, 9.17) is 4.42 Å². The van der Waals surface area contributed by atoms with Gasteiger partial charge in [0.05, 0.1) is 6.04 Å². The van der Waals surface area contributed by atoms with Crippen molar-refractivity contribution in [3.63, 3.8) is 0 Å². The smallest absolute Gasteiger partial charge is 0.318 e. The Labute approximate surface area is 96.2 Å². The summed E-state index contributed by atoms with van der Waals surface area (Å²) in [7, 11) is 1.89. The monoisotopic (exact) mass is 224 g/mol. The van der Waals surface area contributed by atoms with Crippen molar-refractivity contribution in [1.29, 1.82) is 0 Å². The third-order valence-corrected chi connectivity index (χ3v) is 3.16. The highest BCUT2D eigenvalue weighted by Gasteiger charge is 2.22. The predicted molar refractivity (Wildman–Crippen MR) is 62.4 cm³/mol. The quantitative estimate of drug-likeness (QED) is 0.845. The Morgan fingerprint density at radius 2 is 2.31 bits per heavy atom. The molecular weight excluding hydrogens is 204 g/mol. The number of nitrogens with zero attached hydrogens (tertiary/aromatic N) is 3. The highest BCUT2D eigenvalue weighted by molar-refractivity contribution is 5.25. The average molecular weight is 224 g/mol. The average Bonchev–Trinajstić information content (AvgIpc) is 2.77. The van der Waals surface area contributed by atoms with Crippen LogP contribution in [0.2, 0.25) is 0 Å². The van der Waals surface area contributed by atoms with Crippen molar-refractivity contribution in [2.75, 3.05) is 25.0 Å². The van der Waals surface area contributed by atoms with E-state index in [0.717, 1.165) is 13.1 Å². The number of hydrogen-bond donors (Lipinski definition) is 1. The molecule has 0 bridgehead atoms. The molecule has 1 N–H and O–H groups in total. The summed E-state index contributed by atoms with van der Waals surface area (Å²) in [5, 5.41) is 11.3. The zero-order valence-electron chi connectivity index (χ0n) is 10.2. The van der Waals surface area contributed by atoms with Gasteiger partial charge in [-0.1, -0.05) is 12.0 Å². The van der Waals surface area contributed by atoms with Gasteiger partial charge in [0.25, 0.3) is 0 Å². The van der Waals surface area contributed by atoms with Gasteiger partial charge in [0, 0.05) is 13.1 Å². The van der Waals surface area contributed by atoms with E-state index in [1.165, 1.54) is 12.8 Å². The van der Waals surface area contributed by atoms with Crippen LogP contribution in [0, 0.1) is 5.92 Å². The molecule has 1 saturated heterocycles. The van der Waals surface area contributed by atoms with Crippen LogP contribution in [0.4, 0.5) is 6.01 Å². The van der Waals surface area contributed by atoms with Gasteiger partial charge in [0.1, 0.15) is 0 Å². The van der Waals surface area contributed by atoms with Gasteiger partial charge in [-0.15, -0.1) is 5.10 Å². The zero-order valence-corrected chi connectivity index (χ0v) is 10.2. The molecule has 2 rings (SSSR count). The van der Waals surface area contributed by atoms with Crippen molar-refractivity contribution in [2.45, 2.75) is 32.7 Å². The summed E-state index contributed by atoms with van der Waals surface area (Å²) < 4.78 is 5.67. The van der Waals surface area contributed by atoms with E-state index in [0.29, 0.717) is 17.8 Å². The van der Waals surface area contributed by atoms with Crippen molar-refractivity contribution in [1.82, 2.24) is 15.5 Å². The van der Waals surface area contributed by atoms with Crippen LogP contribution in [0.1, 0.15) is 38.6 Å². The molecule has 90 valence electrons. The first-order valence-corrected chi connectivity index (χ1v) is 5.96. The fourth-order valence-corrected chi connectivity index (χ4v) is 2.02. The van der Waals surface area contributed by atoms with Crippen LogP contribution in [0.25, 0.3) is 0 Å². The number of rotatable bonds is 3. The Morgan fingerprint density at radius 1 is 1.50 bits per heavy atom. The van der Waals surface area contributed by atoms with Crippen LogP contribution in [0.5, 0.6) is 0 Å². The second-order valence-corrected chi connectivity index (χ2v) is 4.63. The molecule has 0 radical (unpaired) electrons. The van der Waals surface area contributed by atoms with Crippen molar-refractivity contribution < 1.29 is 4.42 Å². The Kier molecular flexibility index (Phi) is 3.43. The number of nitrogens with one attached hydrogen (secondary N) is 1. The second-order valence-electron chi connectivity index (χ2n) is 4.63. The molecule has 1 aliphatic heterocycles. The van der Waals surface area contributed by atoms with Gasteiger partial charge in [-0.2, -0.15) is 0 Å². The molecule has 5 heteroatoms. The van der Waals surface area contributed by atoms with Crippen LogP contribution < -0.4 is 10.2 Å². The highest BCUT2D eigenvalue weighted by atomic mass is 16.4. The lowest BCUT2D eigenvalue weighted by Crippen LogP contribution is -2.34. The molecule has 0 aromatic carbocycles. The summed E-state index contributed by atoms with van der Waals surface area (Å²) in [6.45, 7) is 6.32. The van der Waals surface area contributed by atoms with E-state index < -0.39 is 0 Å². The number of aromatic nitrogens is 2. The maximum absolute atomic E-state index is 5.67. The standard InChI is InChI=1S/C11H20N4O/c1-8-5-4-6-15(7-8)11-14-13-10(16-11)9(2)12-3/h8-9,12H,4-7H2,1-3H3. The maximum Gasteiger partial charge on any atom is 0.318 e. The number of anilines is 1. The van der Waals surface area contributed by atoms with Crippen LogP contribution >= 0.6 is 0 Å². The highest BCUT2D eigenvalue weighted by Crippen LogP contribution is 2.23. The van der Waals surface area contributed by atoms with Crippen molar-refractivity contribution in [2.24, 2.45) is 5.92 Å². The van der Waals surface area contributed by atoms with E-state index in [2.05, 4.69) is 27.3 Å². The lowest BCUT2D eigenvalue weighted by atomic mass is 10.0. The van der Waals surface area contributed by atoms with Gasteiger partial charge >= 0.3 is 6.01 Å². The summed E-state index contributed by atoms with van der Waals surface area (Å²) in [6.07, 6.45) is 2.50. The van der Waals surface area contributed by atoms with Gasteiger partial charge in [0.15, 0.2) is 0 Å². The van der Waals surface area contributed by atoms with Crippen molar-refractivity contribution in [3.05, 3.63) is 5.89 Å².